The molecule has 0 aliphatic carbocycles. The number of nitrogens with zero attached hydrogens (tertiary/aromatic N) is 1. The summed E-state index contributed by atoms with van der Waals surface area (Å²) in [5.74, 6) is -1.00. The SMILES string of the molecule is COCCN(C(=O)c1cccc(O)c1O)C(C)C. The van der Waals surface area contributed by atoms with Crippen molar-refractivity contribution in [2.24, 2.45) is 0 Å². The number of hydrogen-bond donors (Lipinski definition) is 2. The molecule has 5 nitrogen and oxygen atoms in total. The van der Waals surface area contributed by atoms with E-state index in [4.69, 9.17) is 4.74 Å². The van der Waals surface area contributed by atoms with Gasteiger partial charge in [0.05, 0.1) is 12.2 Å². The summed E-state index contributed by atoms with van der Waals surface area (Å²) in [4.78, 5) is 13.8. The largest absolute Gasteiger partial charge is 0.504 e. The van der Waals surface area contributed by atoms with Gasteiger partial charge in [0.1, 0.15) is 0 Å². The van der Waals surface area contributed by atoms with Crippen molar-refractivity contribution in [2.75, 3.05) is 20.3 Å². The zero-order chi connectivity index (χ0) is 13.7. The monoisotopic (exact) mass is 253 g/mol. The molecule has 1 aromatic carbocycles. The van der Waals surface area contributed by atoms with Crippen molar-refractivity contribution in [1.82, 2.24) is 4.90 Å². The van der Waals surface area contributed by atoms with Crippen LogP contribution >= 0.6 is 0 Å². The van der Waals surface area contributed by atoms with Crippen LogP contribution in [0, 0.1) is 0 Å². The average molecular weight is 253 g/mol. The Morgan fingerprint density at radius 1 is 1.39 bits per heavy atom. The first-order chi connectivity index (χ1) is 8.49. The molecule has 0 heterocycles. The normalized spacial score (nSPS) is 10.7. The number of methoxy groups -OCH3 is 1. The van der Waals surface area contributed by atoms with Crippen LogP contribution in [0.15, 0.2) is 18.2 Å². The first-order valence-electron chi connectivity index (χ1n) is 5.80. The number of carbonyl (C=O) groups is 1. The molecule has 0 saturated carbocycles. The molecule has 0 aliphatic rings. The Morgan fingerprint density at radius 2 is 2.06 bits per heavy atom. The highest BCUT2D eigenvalue weighted by Crippen LogP contribution is 2.29. The summed E-state index contributed by atoms with van der Waals surface area (Å²) in [6.07, 6.45) is 0. The highest BCUT2D eigenvalue weighted by atomic mass is 16.5. The Bertz CT molecular complexity index is 417. The van der Waals surface area contributed by atoms with Gasteiger partial charge < -0.3 is 19.8 Å². The third kappa shape index (κ3) is 3.13. The van der Waals surface area contributed by atoms with Gasteiger partial charge in [-0.3, -0.25) is 4.79 Å². The van der Waals surface area contributed by atoms with E-state index in [-0.39, 0.29) is 29.0 Å². The van der Waals surface area contributed by atoms with Gasteiger partial charge in [-0.25, -0.2) is 0 Å². The molecule has 0 bridgehead atoms. The number of aromatic hydroxyl groups is 2. The van der Waals surface area contributed by atoms with E-state index < -0.39 is 0 Å². The second kappa shape index (κ2) is 6.26. The molecule has 18 heavy (non-hydrogen) atoms. The lowest BCUT2D eigenvalue weighted by atomic mass is 10.1. The molecule has 1 amide bonds. The maximum atomic E-state index is 12.3. The predicted molar refractivity (Wildman–Crippen MR) is 67.8 cm³/mol. The van der Waals surface area contributed by atoms with E-state index in [1.165, 1.54) is 18.2 Å². The van der Waals surface area contributed by atoms with Crippen LogP contribution in [0.2, 0.25) is 0 Å². The topological polar surface area (TPSA) is 70.0 Å². The fraction of sp³-hybridized carbons (Fsp3) is 0.462. The van der Waals surface area contributed by atoms with Crippen LogP contribution in [-0.4, -0.2) is 47.3 Å². The maximum absolute atomic E-state index is 12.3. The fourth-order valence-corrected chi connectivity index (χ4v) is 1.64. The quantitative estimate of drug-likeness (QED) is 0.782. The molecule has 0 aliphatic heterocycles. The molecule has 100 valence electrons. The van der Waals surface area contributed by atoms with Crippen molar-refractivity contribution >= 4 is 5.91 Å². The maximum Gasteiger partial charge on any atom is 0.258 e. The molecule has 0 unspecified atom stereocenters. The predicted octanol–water partition coefficient (Wildman–Crippen LogP) is 1.59. The summed E-state index contributed by atoms with van der Waals surface area (Å²) in [5.41, 5.74) is 0.0970. The van der Waals surface area contributed by atoms with Gasteiger partial charge in [0.25, 0.3) is 5.91 Å². The van der Waals surface area contributed by atoms with Crippen molar-refractivity contribution in [3.8, 4) is 11.5 Å². The lowest BCUT2D eigenvalue weighted by Gasteiger charge is -2.26. The van der Waals surface area contributed by atoms with Crippen LogP contribution in [0.3, 0.4) is 0 Å². The summed E-state index contributed by atoms with van der Waals surface area (Å²) in [7, 11) is 1.56. The zero-order valence-corrected chi connectivity index (χ0v) is 10.9. The molecule has 0 atom stereocenters. The van der Waals surface area contributed by atoms with Gasteiger partial charge in [0.15, 0.2) is 11.5 Å². The van der Waals surface area contributed by atoms with E-state index in [9.17, 15) is 15.0 Å². The number of ether oxygens (including phenoxy) is 1. The molecule has 2 N–H and O–H groups in total. The molecule has 1 rings (SSSR count). The molecular weight excluding hydrogens is 234 g/mol. The van der Waals surface area contributed by atoms with Gasteiger partial charge in [-0.05, 0) is 26.0 Å². The number of benzene rings is 1. The van der Waals surface area contributed by atoms with E-state index in [2.05, 4.69) is 0 Å². The Morgan fingerprint density at radius 3 is 2.61 bits per heavy atom. The standard InChI is InChI=1S/C13H19NO4/c1-9(2)14(7-8-18-3)13(17)10-5-4-6-11(15)12(10)16/h4-6,9,15-16H,7-8H2,1-3H3. The number of rotatable bonds is 5. The molecule has 0 saturated heterocycles. The smallest absolute Gasteiger partial charge is 0.258 e. The third-order valence-electron chi connectivity index (χ3n) is 2.67. The van der Waals surface area contributed by atoms with E-state index in [1.807, 2.05) is 13.8 Å². The minimum atomic E-state index is -0.384. The first kappa shape index (κ1) is 14.3. The number of amides is 1. The van der Waals surface area contributed by atoms with Gasteiger partial charge in [-0.15, -0.1) is 0 Å². The van der Waals surface area contributed by atoms with Crippen molar-refractivity contribution in [1.29, 1.82) is 0 Å². The van der Waals surface area contributed by atoms with Crippen LogP contribution < -0.4 is 0 Å². The summed E-state index contributed by atoms with van der Waals surface area (Å²) in [6, 6.07) is 4.33. The summed E-state index contributed by atoms with van der Waals surface area (Å²) >= 11 is 0. The number of hydrogen-bond acceptors (Lipinski definition) is 4. The van der Waals surface area contributed by atoms with E-state index in [0.29, 0.717) is 13.2 Å². The second-order valence-electron chi connectivity index (χ2n) is 4.26. The summed E-state index contributed by atoms with van der Waals surface area (Å²) in [5, 5.41) is 19.1. The zero-order valence-electron chi connectivity index (χ0n) is 10.9. The Balaban J connectivity index is 2.98. The molecule has 1 aromatic rings. The van der Waals surface area contributed by atoms with Crippen molar-refractivity contribution in [2.45, 2.75) is 19.9 Å². The average Bonchev–Trinajstić information content (AvgIpc) is 2.32. The van der Waals surface area contributed by atoms with Crippen molar-refractivity contribution < 1.29 is 19.7 Å². The lowest BCUT2D eigenvalue weighted by molar-refractivity contribution is 0.0631. The van der Waals surface area contributed by atoms with E-state index in [1.54, 1.807) is 12.0 Å². The van der Waals surface area contributed by atoms with Gasteiger partial charge >= 0.3 is 0 Å². The Kier molecular flexibility index (Phi) is 4.97. The molecule has 0 fully saturated rings. The molecule has 5 heteroatoms. The molecule has 0 radical (unpaired) electrons. The summed E-state index contributed by atoms with van der Waals surface area (Å²) in [6.45, 7) is 4.62. The van der Waals surface area contributed by atoms with Crippen molar-refractivity contribution in [3.05, 3.63) is 23.8 Å². The third-order valence-corrected chi connectivity index (χ3v) is 2.67. The molecular formula is C13H19NO4. The van der Waals surface area contributed by atoms with Gasteiger partial charge in [0.2, 0.25) is 0 Å². The number of phenolic OH excluding ortho intramolecular Hbond substituents is 2. The highest BCUT2D eigenvalue weighted by Gasteiger charge is 2.22. The number of phenols is 2. The Hall–Kier alpha value is -1.75. The Labute approximate surface area is 107 Å². The minimum Gasteiger partial charge on any atom is -0.504 e. The highest BCUT2D eigenvalue weighted by molar-refractivity contribution is 5.97. The van der Waals surface area contributed by atoms with Crippen LogP contribution in [0.1, 0.15) is 24.2 Å². The lowest BCUT2D eigenvalue weighted by Crippen LogP contribution is -2.39. The fourth-order valence-electron chi connectivity index (χ4n) is 1.64. The van der Waals surface area contributed by atoms with E-state index in [0.717, 1.165) is 0 Å². The van der Waals surface area contributed by atoms with Crippen molar-refractivity contribution in [3.63, 3.8) is 0 Å². The van der Waals surface area contributed by atoms with Gasteiger partial charge in [0, 0.05) is 19.7 Å². The number of carbonyl (C=O) groups excluding carboxylic acids is 1. The van der Waals surface area contributed by atoms with Crippen LogP contribution in [0.25, 0.3) is 0 Å². The minimum absolute atomic E-state index is 0.0191. The van der Waals surface area contributed by atoms with Crippen LogP contribution in [0.4, 0.5) is 0 Å². The van der Waals surface area contributed by atoms with Gasteiger partial charge in [-0.1, -0.05) is 6.07 Å². The molecule has 0 aromatic heterocycles. The summed E-state index contributed by atoms with van der Waals surface area (Å²) < 4.78 is 4.96. The van der Waals surface area contributed by atoms with Crippen LogP contribution in [-0.2, 0) is 4.74 Å². The van der Waals surface area contributed by atoms with E-state index >= 15 is 0 Å². The van der Waals surface area contributed by atoms with Gasteiger partial charge in [-0.2, -0.15) is 0 Å². The molecule has 0 spiro atoms. The van der Waals surface area contributed by atoms with Crippen LogP contribution in [0.5, 0.6) is 11.5 Å². The first-order valence-corrected chi connectivity index (χ1v) is 5.80. The number of para-hydroxylation sites is 1. The second-order valence-corrected chi connectivity index (χ2v) is 4.26.